The maximum Gasteiger partial charge on any atom is 0.223 e. The first-order chi connectivity index (χ1) is 8.93. The van der Waals surface area contributed by atoms with Gasteiger partial charge in [-0.2, -0.15) is 4.31 Å². The Kier molecular flexibility index (Phi) is 5.90. The van der Waals surface area contributed by atoms with E-state index in [-0.39, 0.29) is 4.99 Å². The summed E-state index contributed by atoms with van der Waals surface area (Å²) < 4.78 is 26.4. The summed E-state index contributed by atoms with van der Waals surface area (Å²) >= 11 is 4.87. The highest BCUT2D eigenvalue weighted by molar-refractivity contribution is 7.92. The maximum absolute atomic E-state index is 12.5. The van der Waals surface area contributed by atoms with Gasteiger partial charge in [-0.25, -0.2) is 8.42 Å². The van der Waals surface area contributed by atoms with E-state index in [1.54, 1.807) is 6.92 Å². The topological polar surface area (TPSA) is 63.4 Å². The Bertz CT molecular complexity index is 515. The van der Waals surface area contributed by atoms with Crippen molar-refractivity contribution in [2.75, 3.05) is 6.54 Å². The predicted molar refractivity (Wildman–Crippen MR) is 82.3 cm³/mol. The van der Waals surface area contributed by atoms with Crippen LogP contribution in [0.2, 0.25) is 0 Å². The molecule has 1 atom stereocenters. The molecular formula is C13H20N2O2S2. The standard InChI is InChI=1S/C13H20N2O2S2/c1-3-12(13(14)18)19(16,17)15(4-2)10-11-8-6-5-7-9-11/h5-9,12H,3-4,10H2,1-2H3,(H2,14,18). The third kappa shape index (κ3) is 3.99. The van der Waals surface area contributed by atoms with Gasteiger partial charge in [0.05, 0.1) is 4.99 Å². The van der Waals surface area contributed by atoms with Crippen molar-refractivity contribution < 1.29 is 8.42 Å². The molecule has 0 spiro atoms. The molecule has 0 aliphatic carbocycles. The number of sulfonamides is 1. The molecule has 0 heterocycles. The molecule has 6 heteroatoms. The SMILES string of the molecule is CCC(C(N)=S)S(=O)(=O)N(CC)Cc1ccccc1. The maximum atomic E-state index is 12.5. The Balaban J connectivity index is 2.99. The second-order valence-electron chi connectivity index (χ2n) is 4.26. The van der Waals surface area contributed by atoms with Gasteiger partial charge >= 0.3 is 0 Å². The van der Waals surface area contributed by atoms with Crippen molar-refractivity contribution in [3.8, 4) is 0 Å². The van der Waals surface area contributed by atoms with Crippen molar-refractivity contribution in [2.24, 2.45) is 5.73 Å². The molecule has 0 bridgehead atoms. The molecule has 0 fully saturated rings. The third-order valence-electron chi connectivity index (χ3n) is 2.96. The summed E-state index contributed by atoms with van der Waals surface area (Å²) in [6.07, 6.45) is 0.392. The summed E-state index contributed by atoms with van der Waals surface area (Å²) in [7, 11) is -3.49. The quantitative estimate of drug-likeness (QED) is 0.781. The molecule has 0 aliphatic rings. The minimum atomic E-state index is -3.49. The zero-order valence-corrected chi connectivity index (χ0v) is 12.9. The van der Waals surface area contributed by atoms with Gasteiger partial charge in [-0.15, -0.1) is 0 Å². The van der Waals surface area contributed by atoms with Crippen LogP contribution in [0.4, 0.5) is 0 Å². The molecule has 0 amide bonds. The molecule has 106 valence electrons. The van der Waals surface area contributed by atoms with Gasteiger partial charge in [0, 0.05) is 13.1 Å². The van der Waals surface area contributed by atoms with Crippen LogP contribution in [0, 0.1) is 0 Å². The van der Waals surface area contributed by atoms with Crippen molar-refractivity contribution >= 4 is 27.2 Å². The van der Waals surface area contributed by atoms with Crippen LogP contribution in [0.3, 0.4) is 0 Å². The summed E-state index contributed by atoms with van der Waals surface area (Å²) in [6, 6.07) is 9.49. The third-order valence-corrected chi connectivity index (χ3v) is 5.81. The van der Waals surface area contributed by atoms with Crippen molar-refractivity contribution in [1.29, 1.82) is 0 Å². The lowest BCUT2D eigenvalue weighted by Crippen LogP contribution is -2.43. The molecule has 0 aliphatic heterocycles. The molecule has 0 radical (unpaired) electrons. The zero-order valence-electron chi connectivity index (χ0n) is 11.2. The number of nitrogens with two attached hydrogens (primary N) is 1. The Labute approximate surface area is 120 Å². The van der Waals surface area contributed by atoms with Crippen LogP contribution in [0.15, 0.2) is 30.3 Å². The average molecular weight is 300 g/mol. The monoisotopic (exact) mass is 300 g/mol. The Morgan fingerprint density at radius 1 is 1.32 bits per heavy atom. The van der Waals surface area contributed by atoms with Gasteiger partial charge < -0.3 is 5.73 Å². The fourth-order valence-corrected chi connectivity index (χ4v) is 4.20. The Morgan fingerprint density at radius 2 is 1.89 bits per heavy atom. The summed E-state index contributed by atoms with van der Waals surface area (Å²) in [5.41, 5.74) is 6.49. The summed E-state index contributed by atoms with van der Waals surface area (Å²) in [4.78, 5) is 0.0361. The van der Waals surface area contributed by atoms with E-state index >= 15 is 0 Å². The van der Waals surface area contributed by atoms with E-state index in [1.165, 1.54) is 4.31 Å². The van der Waals surface area contributed by atoms with Crippen molar-refractivity contribution in [3.63, 3.8) is 0 Å². The van der Waals surface area contributed by atoms with Crippen LogP contribution >= 0.6 is 12.2 Å². The minimum absolute atomic E-state index is 0.0361. The van der Waals surface area contributed by atoms with Gasteiger partial charge in [-0.3, -0.25) is 0 Å². The highest BCUT2D eigenvalue weighted by Gasteiger charge is 2.31. The van der Waals surface area contributed by atoms with Gasteiger partial charge in [-0.05, 0) is 12.0 Å². The molecule has 1 aromatic carbocycles. The highest BCUT2D eigenvalue weighted by Crippen LogP contribution is 2.16. The van der Waals surface area contributed by atoms with E-state index in [2.05, 4.69) is 0 Å². The number of hydrogen-bond acceptors (Lipinski definition) is 3. The number of benzene rings is 1. The first-order valence-corrected chi connectivity index (χ1v) is 8.16. The molecule has 0 saturated carbocycles. The molecule has 1 aromatic rings. The number of hydrogen-bond donors (Lipinski definition) is 1. The van der Waals surface area contributed by atoms with Crippen molar-refractivity contribution in [3.05, 3.63) is 35.9 Å². The Morgan fingerprint density at radius 3 is 2.32 bits per heavy atom. The van der Waals surface area contributed by atoms with Gasteiger partial charge in [0.15, 0.2) is 0 Å². The lowest BCUT2D eigenvalue weighted by molar-refractivity contribution is 0.419. The summed E-state index contributed by atoms with van der Waals surface area (Å²) in [5, 5.41) is -0.786. The smallest absolute Gasteiger partial charge is 0.223 e. The second kappa shape index (κ2) is 6.98. The molecule has 0 saturated heterocycles. The van der Waals surface area contributed by atoms with E-state index < -0.39 is 15.3 Å². The van der Waals surface area contributed by atoms with E-state index in [0.29, 0.717) is 19.5 Å². The van der Waals surface area contributed by atoms with Gasteiger partial charge in [-0.1, -0.05) is 56.4 Å². The Hall–Kier alpha value is -0.980. The van der Waals surface area contributed by atoms with Crippen LogP contribution in [0.25, 0.3) is 0 Å². The van der Waals surface area contributed by atoms with E-state index in [4.69, 9.17) is 18.0 Å². The zero-order chi connectivity index (χ0) is 14.5. The fraction of sp³-hybridized carbons (Fsp3) is 0.462. The van der Waals surface area contributed by atoms with Crippen molar-refractivity contribution in [1.82, 2.24) is 4.31 Å². The van der Waals surface area contributed by atoms with Gasteiger partial charge in [0.25, 0.3) is 0 Å². The summed E-state index contributed by atoms with van der Waals surface area (Å²) in [6.45, 7) is 4.33. The molecule has 19 heavy (non-hydrogen) atoms. The lowest BCUT2D eigenvalue weighted by atomic mass is 10.2. The van der Waals surface area contributed by atoms with Crippen LogP contribution in [-0.2, 0) is 16.6 Å². The molecule has 1 rings (SSSR count). The fourth-order valence-electron chi connectivity index (χ4n) is 1.91. The molecular weight excluding hydrogens is 280 g/mol. The molecule has 1 unspecified atom stereocenters. The summed E-state index contributed by atoms with van der Waals surface area (Å²) in [5.74, 6) is 0. The van der Waals surface area contributed by atoms with Crippen LogP contribution in [0.5, 0.6) is 0 Å². The number of nitrogens with zero attached hydrogens (tertiary/aromatic N) is 1. The van der Waals surface area contributed by atoms with E-state index in [1.807, 2.05) is 37.3 Å². The number of thiocarbonyl (C=S) groups is 1. The second-order valence-corrected chi connectivity index (χ2v) is 6.84. The van der Waals surface area contributed by atoms with Gasteiger partial charge in [0.1, 0.15) is 5.25 Å². The van der Waals surface area contributed by atoms with E-state index in [9.17, 15) is 8.42 Å². The van der Waals surface area contributed by atoms with Gasteiger partial charge in [0.2, 0.25) is 10.0 Å². The van der Waals surface area contributed by atoms with E-state index in [0.717, 1.165) is 5.56 Å². The predicted octanol–water partition coefficient (Wildman–Crippen LogP) is 1.90. The molecule has 2 N–H and O–H groups in total. The average Bonchev–Trinajstić information content (AvgIpc) is 2.36. The normalized spacial score (nSPS) is 13.4. The first kappa shape index (κ1) is 16.1. The van der Waals surface area contributed by atoms with Crippen LogP contribution in [-0.4, -0.2) is 29.5 Å². The lowest BCUT2D eigenvalue weighted by Gasteiger charge is -2.25. The largest absolute Gasteiger partial charge is 0.392 e. The number of rotatable bonds is 7. The van der Waals surface area contributed by atoms with Crippen LogP contribution in [0.1, 0.15) is 25.8 Å². The minimum Gasteiger partial charge on any atom is -0.392 e. The highest BCUT2D eigenvalue weighted by atomic mass is 32.2. The van der Waals surface area contributed by atoms with Crippen LogP contribution < -0.4 is 5.73 Å². The molecule has 4 nitrogen and oxygen atoms in total. The van der Waals surface area contributed by atoms with Crippen molar-refractivity contribution in [2.45, 2.75) is 32.1 Å². The molecule has 0 aromatic heterocycles. The first-order valence-electron chi connectivity index (χ1n) is 6.25.